The van der Waals surface area contributed by atoms with E-state index in [0.717, 1.165) is 0 Å². The van der Waals surface area contributed by atoms with Gasteiger partial charge in [-0.1, -0.05) is 74.5 Å². The lowest BCUT2D eigenvalue weighted by Gasteiger charge is -2.20. The molecule has 2 aromatic carbocycles. The van der Waals surface area contributed by atoms with Crippen LogP contribution in [0.1, 0.15) is 30.9 Å². The molecule has 0 saturated heterocycles. The quantitative estimate of drug-likeness (QED) is 0.701. The standard InChI is InChI=1S/C16H17/c1-13(15-9-5-3-6-10-15)14(2)16-11-7-4-8-12-16/h3-13H,1-2H3. The highest BCUT2D eigenvalue weighted by Crippen LogP contribution is 2.30. The third-order valence-electron chi connectivity index (χ3n) is 3.18. The van der Waals surface area contributed by atoms with E-state index in [1.165, 1.54) is 17.0 Å². The van der Waals surface area contributed by atoms with E-state index in [2.05, 4.69) is 74.5 Å². The second-order valence-corrected chi connectivity index (χ2v) is 4.18. The smallest absolute Gasteiger partial charge is 0.00905 e. The molecule has 0 aliphatic carbocycles. The molecular weight excluding hydrogens is 192 g/mol. The van der Waals surface area contributed by atoms with Gasteiger partial charge >= 0.3 is 0 Å². The largest absolute Gasteiger partial charge is 0.0622 e. The fraction of sp³-hybridized carbons (Fsp3) is 0.188. The first-order valence-electron chi connectivity index (χ1n) is 5.73. The molecule has 0 heteroatoms. The van der Waals surface area contributed by atoms with Crippen molar-refractivity contribution in [1.82, 2.24) is 0 Å². The van der Waals surface area contributed by atoms with Gasteiger partial charge in [0.25, 0.3) is 0 Å². The summed E-state index contributed by atoms with van der Waals surface area (Å²) in [6.07, 6.45) is 0. The van der Waals surface area contributed by atoms with Crippen LogP contribution in [0.2, 0.25) is 0 Å². The van der Waals surface area contributed by atoms with Gasteiger partial charge in [-0.3, -0.25) is 0 Å². The van der Waals surface area contributed by atoms with Crippen molar-refractivity contribution in [2.24, 2.45) is 0 Å². The lowest BCUT2D eigenvalue weighted by molar-refractivity contribution is 0.800. The Morgan fingerprint density at radius 3 is 1.88 bits per heavy atom. The summed E-state index contributed by atoms with van der Waals surface area (Å²) >= 11 is 0. The van der Waals surface area contributed by atoms with E-state index >= 15 is 0 Å². The summed E-state index contributed by atoms with van der Waals surface area (Å²) < 4.78 is 0. The van der Waals surface area contributed by atoms with E-state index in [-0.39, 0.29) is 0 Å². The zero-order valence-electron chi connectivity index (χ0n) is 9.85. The van der Waals surface area contributed by atoms with Crippen molar-refractivity contribution in [3.8, 4) is 0 Å². The Kier molecular flexibility index (Phi) is 3.40. The number of hydrogen-bond acceptors (Lipinski definition) is 0. The van der Waals surface area contributed by atoms with Crippen LogP contribution < -0.4 is 0 Å². The lowest BCUT2D eigenvalue weighted by Crippen LogP contribution is -2.05. The molecule has 81 valence electrons. The molecule has 1 unspecified atom stereocenters. The minimum Gasteiger partial charge on any atom is -0.0622 e. The van der Waals surface area contributed by atoms with Gasteiger partial charge in [-0.2, -0.15) is 0 Å². The van der Waals surface area contributed by atoms with Crippen LogP contribution in [-0.4, -0.2) is 0 Å². The highest BCUT2D eigenvalue weighted by Gasteiger charge is 2.15. The van der Waals surface area contributed by atoms with Crippen LogP contribution in [0.4, 0.5) is 0 Å². The summed E-state index contributed by atoms with van der Waals surface area (Å²) in [6.45, 7) is 4.48. The van der Waals surface area contributed by atoms with Crippen LogP contribution >= 0.6 is 0 Å². The van der Waals surface area contributed by atoms with Crippen molar-refractivity contribution in [1.29, 1.82) is 0 Å². The second-order valence-electron chi connectivity index (χ2n) is 4.18. The Morgan fingerprint density at radius 1 is 0.812 bits per heavy atom. The SMILES string of the molecule is C[C](c1ccccc1)C(C)c1ccccc1. The minimum absolute atomic E-state index is 0.476. The maximum Gasteiger partial charge on any atom is 0.00905 e. The average Bonchev–Trinajstić information content (AvgIpc) is 2.39. The van der Waals surface area contributed by atoms with Crippen LogP contribution in [0, 0.1) is 5.92 Å². The molecule has 0 fully saturated rings. The Labute approximate surface area is 97.9 Å². The van der Waals surface area contributed by atoms with E-state index < -0.39 is 0 Å². The molecule has 0 bridgehead atoms. The lowest BCUT2D eigenvalue weighted by atomic mass is 9.84. The molecule has 2 aromatic rings. The molecule has 16 heavy (non-hydrogen) atoms. The molecule has 0 spiro atoms. The number of hydrogen-bond donors (Lipinski definition) is 0. The summed E-state index contributed by atoms with van der Waals surface area (Å²) in [5, 5.41) is 0. The topological polar surface area (TPSA) is 0 Å². The van der Waals surface area contributed by atoms with Gasteiger partial charge < -0.3 is 0 Å². The fourth-order valence-electron chi connectivity index (χ4n) is 1.94. The molecule has 0 N–H and O–H groups in total. The number of rotatable bonds is 3. The molecular formula is C16H17. The van der Waals surface area contributed by atoms with Gasteiger partial charge in [0, 0.05) is 5.92 Å². The van der Waals surface area contributed by atoms with Crippen LogP contribution in [-0.2, 0) is 0 Å². The first kappa shape index (κ1) is 10.9. The van der Waals surface area contributed by atoms with E-state index in [0.29, 0.717) is 5.92 Å². The third kappa shape index (κ3) is 2.33. The molecule has 0 amide bonds. The van der Waals surface area contributed by atoms with Gasteiger partial charge in [0.15, 0.2) is 0 Å². The van der Waals surface area contributed by atoms with Crippen molar-refractivity contribution in [3.63, 3.8) is 0 Å². The minimum atomic E-state index is 0.476. The van der Waals surface area contributed by atoms with Crippen LogP contribution in [0.15, 0.2) is 60.7 Å². The third-order valence-corrected chi connectivity index (χ3v) is 3.18. The van der Waals surface area contributed by atoms with Crippen molar-refractivity contribution >= 4 is 0 Å². The molecule has 0 aromatic heterocycles. The summed E-state index contributed by atoms with van der Waals surface area (Å²) in [5.41, 5.74) is 2.71. The number of benzene rings is 2. The van der Waals surface area contributed by atoms with Crippen molar-refractivity contribution in [2.45, 2.75) is 19.8 Å². The van der Waals surface area contributed by atoms with Crippen LogP contribution in [0.5, 0.6) is 0 Å². The summed E-state index contributed by atoms with van der Waals surface area (Å²) in [7, 11) is 0. The first-order valence-corrected chi connectivity index (χ1v) is 5.73. The molecule has 0 aliphatic rings. The highest BCUT2D eigenvalue weighted by molar-refractivity contribution is 5.36. The molecule has 2 rings (SSSR count). The summed E-state index contributed by atoms with van der Waals surface area (Å²) in [5.74, 6) is 1.90. The van der Waals surface area contributed by atoms with Gasteiger partial charge in [-0.15, -0.1) is 0 Å². The monoisotopic (exact) mass is 209 g/mol. The van der Waals surface area contributed by atoms with E-state index in [1.54, 1.807) is 0 Å². The van der Waals surface area contributed by atoms with Crippen LogP contribution in [0.25, 0.3) is 0 Å². The average molecular weight is 209 g/mol. The molecule has 1 radical (unpaired) electrons. The zero-order valence-corrected chi connectivity index (χ0v) is 9.85. The van der Waals surface area contributed by atoms with Crippen molar-refractivity contribution in [2.75, 3.05) is 0 Å². The Bertz CT molecular complexity index is 373. The summed E-state index contributed by atoms with van der Waals surface area (Å²) in [6, 6.07) is 21.2. The van der Waals surface area contributed by atoms with Gasteiger partial charge in [-0.25, -0.2) is 0 Å². The normalized spacial score (nSPS) is 12.7. The van der Waals surface area contributed by atoms with Crippen molar-refractivity contribution in [3.05, 3.63) is 77.7 Å². The predicted molar refractivity (Wildman–Crippen MR) is 69.3 cm³/mol. The zero-order chi connectivity index (χ0) is 11.4. The van der Waals surface area contributed by atoms with Gasteiger partial charge in [0.05, 0.1) is 0 Å². The van der Waals surface area contributed by atoms with Gasteiger partial charge in [0.1, 0.15) is 0 Å². The Morgan fingerprint density at radius 2 is 1.31 bits per heavy atom. The van der Waals surface area contributed by atoms with Crippen molar-refractivity contribution < 1.29 is 0 Å². The van der Waals surface area contributed by atoms with E-state index in [1.807, 2.05) is 0 Å². The Hall–Kier alpha value is -1.56. The summed E-state index contributed by atoms with van der Waals surface area (Å²) in [4.78, 5) is 0. The maximum absolute atomic E-state index is 2.26. The Balaban J connectivity index is 2.20. The molecule has 0 saturated carbocycles. The van der Waals surface area contributed by atoms with Gasteiger partial charge in [-0.05, 0) is 17.0 Å². The fourth-order valence-corrected chi connectivity index (χ4v) is 1.94. The first-order chi connectivity index (χ1) is 7.79. The van der Waals surface area contributed by atoms with E-state index in [9.17, 15) is 0 Å². The molecule has 1 atom stereocenters. The van der Waals surface area contributed by atoms with E-state index in [4.69, 9.17) is 0 Å². The molecule has 0 heterocycles. The predicted octanol–water partition coefficient (Wildman–Crippen LogP) is 4.43. The van der Waals surface area contributed by atoms with Crippen LogP contribution in [0.3, 0.4) is 0 Å². The second kappa shape index (κ2) is 4.98. The maximum atomic E-state index is 2.26. The van der Waals surface area contributed by atoms with Gasteiger partial charge in [0.2, 0.25) is 0 Å². The molecule has 0 aliphatic heterocycles. The highest BCUT2D eigenvalue weighted by atomic mass is 14.2. The molecule has 0 nitrogen and oxygen atoms in total.